The van der Waals surface area contributed by atoms with Crippen LogP contribution in [0.5, 0.6) is 0 Å². The number of nitrogens with one attached hydrogen (secondary N) is 2. The first-order valence-corrected chi connectivity index (χ1v) is 9.74. The van der Waals surface area contributed by atoms with Crippen molar-refractivity contribution in [3.8, 4) is 0 Å². The molecule has 12 heteroatoms. The first kappa shape index (κ1) is 22.5. The molecule has 2 atom stereocenters. The summed E-state index contributed by atoms with van der Waals surface area (Å²) in [4.78, 5) is 49.3. The number of rotatable bonds is 11. The van der Waals surface area contributed by atoms with Gasteiger partial charge >= 0.3 is 0 Å². The average Bonchev–Trinajstić information content (AvgIpc) is 3.06. The molecule has 0 aliphatic carbocycles. The van der Waals surface area contributed by atoms with E-state index in [1.807, 2.05) is 0 Å². The minimum Gasteiger partial charge on any atom is -0.390 e. The minimum atomic E-state index is -0.600. The monoisotopic (exact) mass is 422 g/mol. The molecule has 2 rings (SSSR count). The van der Waals surface area contributed by atoms with Crippen LogP contribution >= 0.6 is 9.24 Å². The second kappa shape index (κ2) is 10.7. The number of likely N-dealkylation sites (N-methyl/N-ethyl adjacent to an activating group) is 1. The second-order valence-electron chi connectivity index (χ2n) is 6.44. The molecule has 158 valence electrons. The summed E-state index contributed by atoms with van der Waals surface area (Å²) < 4.78 is 1.55. The molecular weight excluding hydrogens is 395 g/mol. The third-order valence-electron chi connectivity index (χ3n) is 4.45. The number of hydrogen-bond acceptors (Lipinski definition) is 7. The summed E-state index contributed by atoms with van der Waals surface area (Å²) >= 11 is 0. The number of aromatic amines is 1. The van der Waals surface area contributed by atoms with Gasteiger partial charge in [0.2, 0.25) is 11.9 Å². The molecule has 6 N–H and O–H groups in total. The lowest BCUT2D eigenvalue weighted by atomic mass is 10.1. The maximum absolute atomic E-state index is 13.1. The lowest BCUT2D eigenvalue weighted by molar-refractivity contribution is -0.137. The van der Waals surface area contributed by atoms with Crippen molar-refractivity contribution >= 4 is 44.0 Å². The van der Waals surface area contributed by atoms with E-state index in [1.165, 1.54) is 6.34 Å². The molecule has 0 aromatic carbocycles. The number of nitrogens with zero attached hydrogens (tertiary/aromatic N) is 4. The van der Waals surface area contributed by atoms with Crippen LogP contribution in [0.3, 0.4) is 0 Å². The molecule has 11 nitrogen and oxygen atoms in total. The molecule has 0 saturated carbocycles. The van der Waals surface area contributed by atoms with Gasteiger partial charge in [0.25, 0.3) is 5.56 Å². The quantitative estimate of drug-likeness (QED) is 0.154. The topological polar surface area (TPSA) is 164 Å². The van der Waals surface area contributed by atoms with E-state index < -0.39 is 6.04 Å². The Labute approximate surface area is 170 Å². The summed E-state index contributed by atoms with van der Waals surface area (Å²) in [5, 5.41) is 3.33. The average molecular weight is 422 g/mol. The van der Waals surface area contributed by atoms with Crippen LogP contribution < -0.4 is 22.3 Å². The fourth-order valence-electron chi connectivity index (χ4n) is 3.04. The highest BCUT2D eigenvalue weighted by Crippen LogP contribution is 2.15. The van der Waals surface area contributed by atoms with Crippen molar-refractivity contribution in [2.45, 2.75) is 25.4 Å². The fourth-order valence-corrected chi connectivity index (χ4v) is 3.39. The molecule has 29 heavy (non-hydrogen) atoms. The number of H-pyrrole nitrogens is 1. The number of hydrogen-bond donors (Lipinski definition) is 4. The van der Waals surface area contributed by atoms with Gasteiger partial charge in [0.15, 0.2) is 5.52 Å². The van der Waals surface area contributed by atoms with Crippen LogP contribution in [-0.2, 0) is 16.1 Å². The van der Waals surface area contributed by atoms with Crippen LogP contribution in [-0.4, -0.2) is 69.9 Å². The number of fused-ring (bicyclic) bond motifs is 1. The molecule has 2 unspecified atom stereocenters. The summed E-state index contributed by atoms with van der Waals surface area (Å²) in [7, 11) is 3.93. The lowest BCUT2D eigenvalue weighted by Crippen LogP contribution is -2.47. The molecule has 2 aromatic heterocycles. The normalized spacial score (nSPS) is 12.5. The third kappa shape index (κ3) is 5.85. The number of amides is 1. The van der Waals surface area contributed by atoms with Crippen molar-refractivity contribution in [3.63, 3.8) is 0 Å². The number of nitrogens with two attached hydrogens (primary N) is 2. The summed E-state index contributed by atoms with van der Waals surface area (Å²) in [5.74, 6) is -0.290. The Balaban J connectivity index is 2.25. The highest BCUT2D eigenvalue weighted by Gasteiger charge is 2.27. The first-order chi connectivity index (χ1) is 13.9. The third-order valence-corrected chi connectivity index (χ3v) is 4.83. The highest BCUT2D eigenvalue weighted by molar-refractivity contribution is 7.40. The number of nitrogen functional groups attached to an aromatic ring is 1. The van der Waals surface area contributed by atoms with E-state index >= 15 is 0 Å². The maximum atomic E-state index is 13.1. The van der Waals surface area contributed by atoms with E-state index in [-0.39, 0.29) is 29.5 Å². The van der Waals surface area contributed by atoms with E-state index in [4.69, 9.17) is 11.5 Å². The van der Waals surface area contributed by atoms with Crippen molar-refractivity contribution in [2.75, 3.05) is 32.4 Å². The van der Waals surface area contributed by atoms with Crippen molar-refractivity contribution in [1.29, 1.82) is 0 Å². The Hall–Kier alpha value is -2.78. The summed E-state index contributed by atoms with van der Waals surface area (Å²) in [6.45, 7) is 1.29. The number of carbonyl (C=O) groups is 2. The first-order valence-electron chi connectivity index (χ1n) is 9.17. The van der Waals surface area contributed by atoms with E-state index in [1.54, 1.807) is 28.8 Å². The van der Waals surface area contributed by atoms with Gasteiger partial charge in [0, 0.05) is 25.8 Å². The van der Waals surface area contributed by atoms with E-state index in [9.17, 15) is 14.4 Å². The number of aromatic nitrogens is 3. The highest BCUT2D eigenvalue weighted by atomic mass is 31.0. The number of anilines is 1. The zero-order chi connectivity index (χ0) is 21.4. The van der Waals surface area contributed by atoms with Crippen molar-refractivity contribution in [1.82, 2.24) is 24.8 Å². The van der Waals surface area contributed by atoms with Gasteiger partial charge in [-0.1, -0.05) is 9.24 Å². The SMILES string of the molecule is CNCCN(C(=O)Cn1ccc2c(=O)[nH]c(N)nc21)C(CCCN=CN)C(=O)P. The second-order valence-corrected chi connectivity index (χ2v) is 7.01. The molecule has 0 saturated heterocycles. The largest absolute Gasteiger partial charge is 0.390 e. The van der Waals surface area contributed by atoms with Crippen LogP contribution in [0.4, 0.5) is 5.95 Å². The molecular formula is C17H27N8O3P. The molecule has 2 aromatic rings. The Kier molecular flexibility index (Phi) is 8.29. The van der Waals surface area contributed by atoms with Crippen molar-refractivity contribution < 1.29 is 9.59 Å². The molecule has 2 heterocycles. The van der Waals surface area contributed by atoms with Crippen molar-refractivity contribution in [2.24, 2.45) is 10.7 Å². The molecule has 0 aliphatic rings. The minimum absolute atomic E-state index is 0.0274. The van der Waals surface area contributed by atoms with E-state index in [2.05, 4.69) is 29.5 Å². The summed E-state index contributed by atoms with van der Waals surface area (Å²) in [5.41, 5.74) is 10.6. The fraction of sp³-hybridized carbons (Fsp3) is 0.471. The Bertz CT molecular complexity index is 938. The van der Waals surface area contributed by atoms with Crippen molar-refractivity contribution in [3.05, 3.63) is 22.6 Å². The predicted octanol–water partition coefficient (Wildman–Crippen LogP) is -1.11. The molecule has 0 aliphatic heterocycles. The summed E-state index contributed by atoms with van der Waals surface area (Å²) in [6.07, 6.45) is 3.90. The van der Waals surface area contributed by atoms with Gasteiger partial charge in [-0.05, 0) is 26.0 Å². The summed E-state index contributed by atoms with van der Waals surface area (Å²) in [6, 6.07) is 0.978. The predicted molar refractivity (Wildman–Crippen MR) is 116 cm³/mol. The standard InChI is InChI=1S/C17H27N8O3P/c1-20-6-8-25(12(16(28)29)3-2-5-21-10-18)13(26)9-24-7-4-11-14(24)22-17(19)23-15(11)27/h4,7,10,12,20H,2-3,5-6,8-9,29H2,1H3,(H2,18,21)(H3,19,22,23,27). The van der Waals surface area contributed by atoms with Gasteiger partial charge < -0.3 is 26.3 Å². The zero-order valence-corrected chi connectivity index (χ0v) is 17.5. The number of aliphatic imine (C=N–C) groups is 1. The van der Waals surface area contributed by atoms with Gasteiger partial charge in [0.05, 0.1) is 17.8 Å². The van der Waals surface area contributed by atoms with Crippen LogP contribution in [0.15, 0.2) is 22.1 Å². The zero-order valence-electron chi connectivity index (χ0n) is 16.3. The lowest BCUT2D eigenvalue weighted by Gasteiger charge is -2.30. The van der Waals surface area contributed by atoms with Gasteiger partial charge in [-0.2, -0.15) is 4.98 Å². The van der Waals surface area contributed by atoms with E-state index in [0.29, 0.717) is 43.5 Å². The van der Waals surface area contributed by atoms with Gasteiger partial charge in [-0.25, -0.2) is 0 Å². The molecule has 0 fully saturated rings. The number of carbonyl (C=O) groups excluding carboxylic acids is 2. The Morgan fingerprint density at radius 2 is 2.28 bits per heavy atom. The van der Waals surface area contributed by atoms with Crippen LogP contribution in [0.2, 0.25) is 0 Å². The molecule has 0 bridgehead atoms. The van der Waals surface area contributed by atoms with Crippen LogP contribution in [0, 0.1) is 0 Å². The van der Waals surface area contributed by atoms with Gasteiger partial charge in [0.1, 0.15) is 12.2 Å². The Morgan fingerprint density at radius 3 is 2.93 bits per heavy atom. The van der Waals surface area contributed by atoms with Gasteiger partial charge in [-0.15, -0.1) is 0 Å². The molecule has 0 radical (unpaired) electrons. The van der Waals surface area contributed by atoms with Crippen LogP contribution in [0.1, 0.15) is 12.8 Å². The van der Waals surface area contributed by atoms with Gasteiger partial charge in [-0.3, -0.25) is 24.4 Å². The molecule has 0 spiro atoms. The smallest absolute Gasteiger partial charge is 0.261 e. The maximum Gasteiger partial charge on any atom is 0.261 e. The van der Waals surface area contributed by atoms with E-state index in [0.717, 1.165) is 0 Å². The Morgan fingerprint density at radius 1 is 1.52 bits per heavy atom. The van der Waals surface area contributed by atoms with Crippen LogP contribution in [0.25, 0.3) is 11.0 Å². The molecule has 1 amide bonds.